The molecule has 0 aliphatic rings. The Morgan fingerprint density at radius 1 is 1.04 bits per heavy atom. The summed E-state index contributed by atoms with van der Waals surface area (Å²) >= 11 is 17.9. The average Bonchev–Trinajstić information content (AvgIpc) is 2.56. The molecule has 0 radical (unpaired) electrons. The summed E-state index contributed by atoms with van der Waals surface area (Å²) in [5.74, 6) is -0.585. The fourth-order valence-corrected chi connectivity index (χ4v) is 2.78. The maximum absolute atomic E-state index is 12.2. The van der Waals surface area contributed by atoms with Crippen LogP contribution in [0.4, 0.5) is 0 Å². The molecule has 128 valence electrons. The zero-order valence-electron chi connectivity index (χ0n) is 12.9. The standard InChI is InChI=1S/C18H11Cl3O4/c1-9-4-16-12(7-14(9)20)11(6-17(22)25-16)8-24-18(23)10-2-3-13(19)15(21)5-10/h2-7H,8H2,1H3. The van der Waals surface area contributed by atoms with Crippen LogP contribution in [-0.4, -0.2) is 5.97 Å². The first-order valence-electron chi connectivity index (χ1n) is 7.20. The van der Waals surface area contributed by atoms with Crippen LogP contribution in [-0.2, 0) is 11.3 Å². The summed E-state index contributed by atoms with van der Waals surface area (Å²) in [5.41, 5.74) is 1.39. The van der Waals surface area contributed by atoms with Crippen molar-refractivity contribution >= 4 is 51.7 Å². The van der Waals surface area contributed by atoms with E-state index in [0.717, 1.165) is 5.56 Å². The second kappa shape index (κ2) is 7.08. The molecule has 0 N–H and O–H groups in total. The predicted molar refractivity (Wildman–Crippen MR) is 97.8 cm³/mol. The van der Waals surface area contributed by atoms with Crippen molar-refractivity contribution in [3.05, 3.63) is 78.6 Å². The summed E-state index contributed by atoms with van der Waals surface area (Å²) in [4.78, 5) is 23.9. The van der Waals surface area contributed by atoms with E-state index in [-0.39, 0.29) is 17.2 Å². The van der Waals surface area contributed by atoms with Gasteiger partial charge in [0.25, 0.3) is 0 Å². The summed E-state index contributed by atoms with van der Waals surface area (Å²) in [6, 6.07) is 9.06. The van der Waals surface area contributed by atoms with Crippen molar-refractivity contribution in [1.29, 1.82) is 0 Å². The molecule has 1 aromatic heterocycles. The third-order valence-electron chi connectivity index (χ3n) is 3.62. The van der Waals surface area contributed by atoms with E-state index in [2.05, 4.69) is 0 Å². The van der Waals surface area contributed by atoms with Crippen molar-refractivity contribution in [1.82, 2.24) is 0 Å². The summed E-state index contributed by atoms with van der Waals surface area (Å²) < 4.78 is 10.4. The van der Waals surface area contributed by atoms with E-state index in [4.69, 9.17) is 44.0 Å². The third kappa shape index (κ3) is 3.82. The molecule has 0 spiro atoms. The second-order valence-corrected chi connectivity index (χ2v) is 6.61. The molecule has 3 aromatic rings. The highest BCUT2D eigenvalue weighted by Crippen LogP contribution is 2.26. The minimum absolute atomic E-state index is 0.111. The van der Waals surface area contributed by atoms with Gasteiger partial charge in [-0.05, 0) is 42.8 Å². The molecule has 0 saturated carbocycles. The van der Waals surface area contributed by atoms with Gasteiger partial charge in [-0.25, -0.2) is 9.59 Å². The Bertz CT molecular complexity index is 1040. The first-order valence-corrected chi connectivity index (χ1v) is 8.33. The average molecular weight is 398 g/mol. The number of hydrogen-bond acceptors (Lipinski definition) is 4. The number of aryl methyl sites for hydroxylation is 1. The molecule has 0 aliphatic carbocycles. The smallest absolute Gasteiger partial charge is 0.338 e. The van der Waals surface area contributed by atoms with Gasteiger partial charge in [0.1, 0.15) is 12.2 Å². The molecule has 0 unspecified atom stereocenters. The zero-order chi connectivity index (χ0) is 18.1. The van der Waals surface area contributed by atoms with Gasteiger partial charge >= 0.3 is 11.6 Å². The summed E-state index contributed by atoms with van der Waals surface area (Å²) in [7, 11) is 0. The monoisotopic (exact) mass is 396 g/mol. The number of halogens is 3. The Balaban J connectivity index is 1.90. The van der Waals surface area contributed by atoms with Crippen LogP contribution in [0, 0.1) is 6.92 Å². The number of carbonyl (C=O) groups excluding carboxylic acids is 1. The highest BCUT2D eigenvalue weighted by molar-refractivity contribution is 6.42. The van der Waals surface area contributed by atoms with E-state index in [1.54, 1.807) is 19.1 Å². The van der Waals surface area contributed by atoms with Crippen molar-refractivity contribution in [2.45, 2.75) is 13.5 Å². The van der Waals surface area contributed by atoms with Crippen molar-refractivity contribution < 1.29 is 13.9 Å². The van der Waals surface area contributed by atoms with Gasteiger partial charge in [-0.3, -0.25) is 0 Å². The highest BCUT2D eigenvalue weighted by Gasteiger charge is 2.13. The molecule has 0 bridgehead atoms. The topological polar surface area (TPSA) is 56.5 Å². The van der Waals surface area contributed by atoms with Crippen LogP contribution in [0.15, 0.2) is 45.6 Å². The quantitative estimate of drug-likeness (QED) is 0.437. The van der Waals surface area contributed by atoms with E-state index < -0.39 is 11.6 Å². The van der Waals surface area contributed by atoms with Crippen LogP contribution < -0.4 is 5.63 Å². The number of esters is 1. The molecule has 0 atom stereocenters. The zero-order valence-corrected chi connectivity index (χ0v) is 15.2. The van der Waals surface area contributed by atoms with Crippen molar-refractivity contribution in [3.8, 4) is 0 Å². The number of fused-ring (bicyclic) bond motifs is 1. The van der Waals surface area contributed by atoms with Crippen LogP contribution in [0.3, 0.4) is 0 Å². The Kier molecular flexibility index (Phi) is 5.04. The Morgan fingerprint density at radius 2 is 1.80 bits per heavy atom. The van der Waals surface area contributed by atoms with Gasteiger partial charge in [-0.1, -0.05) is 34.8 Å². The lowest BCUT2D eigenvalue weighted by atomic mass is 10.1. The molecule has 0 fully saturated rings. The van der Waals surface area contributed by atoms with E-state index in [1.807, 2.05) is 0 Å². The van der Waals surface area contributed by atoms with E-state index in [1.165, 1.54) is 24.3 Å². The van der Waals surface area contributed by atoms with Crippen LogP contribution in [0.25, 0.3) is 11.0 Å². The summed E-state index contributed by atoms with van der Waals surface area (Å²) in [5, 5.41) is 1.73. The number of benzene rings is 2. The molecule has 25 heavy (non-hydrogen) atoms. The van der Waals surface area contributed by atoms with Crippen LogP contribution in [0.5, 0.6) is 0 Å². The molecule has 0 saturated heterocycles. The van der Waals surface area contributed by atoms with Gasteiger partial charge in [0.15, 0.2) is 0 Å². The SMILES string of the molecule is Cc1cc2oc(=O)cc(COC(=O)c3ccc(Cl)c(Cl)c3)c2cc1Cl. The molecular formula is C18H11Cl3O4. The lowest BCUT2D eigenvalue weighted by Gasteiger charge is -2.09. The molecule has 3 rings (SSSR count). The minimum atomic E-state index is -0.585. The molecular weight excluding hydrogens is 387 g/mol. The third-order valence-corrected chi connectivity index (χ3v) is 4.77. The van der Waals surface area contributed by atoms with Crippen molar-refractivity contribution in [2.24, 2.45) is 0 Å². The second-order valence-electron chi connectivity index (χ2n) is 5.39. The van der Waals surface area contributed by atoms with Gasteiger partial charge in [-0.2, -0.15) is 0 Å². The van der Waals surface area contributed by atoms with Crippen LogP contribution >= 0.6 is 34.8 Å². The Hall–Kier alpha value is -2.01. The highest BCUT2D eigenvalue weighted by atomic mass is 35.5. The van der Waals surface area contributed by atoms with E-state index in [9.17, 15) is 9.59 Å². The molecule has 1 heterocycles. The van der Waals surface area contributed by atoms with Gasteiger partial charge in [0.2, 0.25) is 0 Å². The lowest BCUT2D eigenvalue weighted by Crippen LogP contribution is -2.08. The first-order chi connectivity index (χ1) is 11.8. The maximum Gasteiger partial charge on any atom is 0.338 e. The van der Waals surface area contributed by atoms with Gasteiger partial charge < -0.3 is 9.15 Å². The fourth-order valence-electron chi connectivity index (χ4n) is 2.32. The molecule has 7 heteroatoms. The van der Waals surface area contributed by atoms with Gasteiger partial charge in [-0.15, -0.1) is 0 Å². The molecule has 2 aromatic carbocycles. The van der Waals surface area contributed by atoms with Gasteiger partial charge in [0, 0.05) is 22.0 Å². The van der Waals surface area contributed by atoms with Gasteiger partial charge in [0.05, 0.1) is 15.6 Å². The number of ether oxygens (including phenoxy) is 1. The summed E-state index contributed by atoms with van der Waals surface area (Å²) in [6.07, 6.45) is 0. The van der Waals surface area contributed by atoms with Crippen molar-refractivity contribution in [2.75, 3.05) is 0 Å². The minimum Gasteiger partial charge on any atom is -0.457 e. The molecule has 0 amide bonds. The molecule has 0 aliphatic heterocycles. The number of hydrogen-bond donors (Lipinski definition) is 0. The van der Waals surface area contributed by atoms with E-state index in [0.29, 0.717) is 26.6 Å². The van der Waals surface area contributed by atoms with Crippen molar-refractivity contribution in [3.63, 3.8) is 0 Å². The van der Waals surface area contributed by atoms with Crippen LogP contribution in [0.2, 0.25) is 15.1 Å². The largest absolute Gasteiger partial charge is 0.457 e. The maximum atomic E-state index is 12.2. The fraction of sp³-hybridized carbons (Fsp3) is 0.111. The number of rotatable bonds is 3. The Morgan fingerprint density at radius 3 is 2.52 bits per heavy atom. The normalized spacial score (nSPS) is 10.9. The predicted octanol–water partition coefficient (Wildman–Crippen LogP) is 5.42. The molecule has 4 nitrogen and oxygen atoms in total. The van der Waals surface area contributed by atoms with Crippen LogP contribution in [0.1, 0.15) is 21.5 Å². The van der Waals surface area contributed by atoms with E-state index >= 15 is 0 Å². The Labute approximate surface area is 157 Å². The first kappa shape index (κ1) is 17.8. The number of carbonyl (C=O) groups is 1. The lowest BCUT2D eigenvalue weighted by molar-refractivity contribution is 0.0474. The summed E-state index contributed by atoms with van der Waals surface area (Å²) in [6.45, 7) is 1.69.